The molecule has 16 heavy (non-hydrogen) atoms. The van der Waals surface area contributed by atoms with Crippen LogP contribution in [0, 0.1) is 16.7 Å². The van der Waals surface area contributed by atoms with Crippen molar-refractivity contribution in [3.63, 3.8) is 0 Å². The predicted octanol–water partition coefficient (Wildman–Crippen LogP) is 3.93. The average molecular weight is 223 g/mol. The number of likely N-dealkylation sites (tertiary alicyclic amines) is 1. The lowest BCUT2D eigenvalue weighted by atomic mass is 9.63. The van der Waals surface area contributed by atoms with E-state index in [2.05, 4.69) is 46.4 Å². The van der Waals surface area contributed by atoms with E-state index in [9.17, 15) is 0 Å². The number of nitrogens with zero attached hydrogens (tertiary/aromatic N) is 1. The van der Waals surface area contributed by atoms with Crippen molar-refractivity contribution in [1.29, 1.82) is 0 Å². The summed E-state index contributed by atoms with van der Waals surface area (Å²) in [6, 6.07) is 0. The molecular formula is C15H29N. The first-order valence-electron chi connectivity index (χ1n) is 6.89. The van der Waals surface area contributed by atoms with Crippen LogP contribution < -0.4 is 0 Å². The summed E-state index contributed by atoms with van der Waals surface area (Å²) < 4.78 is 0. The van der Waals surface area contributed by atoms with E-state index in [-0.39, 0.29) is 0 Å². The maximum atomic E-state index is 2.74. The van der Waals surface area contributed by atoms with E-state index in [1.807, 2.05) is 0 Å². The zero-order valence-electron chi connectivity index (χ0n) is 12.1. The first-order chi connectivity index (χ1) is 7.14. The Morgan fingerprint density at radius 1 is 1.06 bits per heavy atom. The van der Waals surface area contributed by atoms with Crippen LogP contribution in [0.4, 0.5) is 0 Å². The standard InChI is InChI=1S/C15H29N/c1-13(2,3)15-8-7-12(9-15)10-16(11-15)14(4,5)6/h12H,7-11H2,1-6H3. The molecule has 0 aromatic carbocycles. The predicted molar refractivity (Wildman–Crippen MR) is 70.6 cm³/mol. The highest BCUT2D eigenvalue weighted by atomic mass is 15.2. The summed E-state index contributed by atoms with van der Waals surface area (Å²) in [6.45, 7) is 17.1. The molecule has 2 unspecified atom stereocenters. The number of hydrogen-bond donors (Lipinski definition) is 0. The van der Waals surface area contributed by atoms with Gasteiger partial charge in [0.05, 0.1) is 0 Å². The maximum Gasteiger partial charge on any atom is 0.0125 e. The molecule has 2 aliphatic rings. The molecule has 0 spiro atoms. The van der Waals surface area contributed by atoms with Crippen LogP contribution in [0.1, 0.15) is 60.8 Å². The van der Waals surface area contributed by atoms with Crippen molar-refractivity contribution in [3.05, 3.63) is 0 Å². The van der Waals surface area contributed by atoms with Crippen molar-refractivity contribution in [2.75, 3.05) is 13.1 Å². The summed E-state index contributed by atoms with van der Waals surface area (Å²) in [7, 11) is 0. The number of hydrogen-bond acceptors (Lipinski definition) is 1. The highest BCUT2D eigenvalue weighted by Crippen LogP contribution is 2.56. The SMILES string of the molecule is CC(C)(C)N1CC2CCC(C(C)(C)C)(C2)C1. The average Bonchev–Trinajstić information content (AvgIpc) is 2.40. The van der Waals surface area contributed by atoms with Gasteiger partial charge in [0.2, 0.25) is 0 Å². The van der Waals surface area contributed by atoms with Gasteiger partial charge in [-0.1, -0.05) is 20.8 Å². The van der Waals surface area contributed by atoms with Crippen molar-refractivity contribution in [1.82, 2.24) is 4.90 Å². The lowest BCUT2D eigenvalue weighted by Gasteiger charge is -2.52. The number of rotatable bonds is 0. The monoisotopic (exact) mass is 223 g/mol. The fourth-order valence-corrected chi connectivity index (χ4v) is 3.71. The van der Waals surface area contributed by atoms with Gasteiger partial charge < -0.3 is 0 Å². The van der Waals surface area contributed by atoms with E-state index >= 15 is 0 Å². The third kappa shape index (κ3) is 1.92. The van der Waals surface area contributed by atoms with Gasteiger partial charge in [0.15, 0.2) is 0 Å². The Labute approximate surface area is 102 Å². The second-order valence-electron chi connectivity index (χ2n) is 8.19. The molecule has 0 amide bonds. The Bertz CT molecular complexity index is 268. The first kappa shape index (κ1) is 12.4. The fourth-order valence-electron chi connectivity index (χ4n) is 3.71. The smallest absolute Gasteiger partial charge is 0.0125 e. The van der Waals surface area contributed by atoms with E-state index in [1.165, 1.54) is 32.4 Å². The van der Waals surface area contributed by atoms with Crippen molar-refractivity contribution >= 4 is 0 Å². The fraction of sp³-hybridized carbons (Fsp3) is 1.00. The first-order valence-corrected chi connectivity index (χ1v) is 6.89. The molecular weight excluding hydrogens is 194 g/mol. The van der Waals surface area contributed by atoms with Crippen LogP contribution in [0.15, 0.2) is 0 Å². The zero-order chi connectivity index (χ0) is 12.2. The summed E-state index contributed by atoms with van der Waals surface area (Å²) in [5.41, 5.74) is 1.40. The van der Waals surface area contributed by atoms with Gasteiger partial charge in [-0.25, -0.2) is 0 Å². The van der Waals surface area contributed by atoms with Gasteiger partial charge in [0.25, 0.3) is 0 Å². The molecule has 2 bridgehead atoms. The van der Waals surface area contributed by atoms with E-state index < -0.39 is 0 Å². The zero-order valence-corrected chi connectivity index (χ0v) is 12.1. The van der Waals surface area contributed by atoms with Gasteiger partial charge in [-0.05, 0) is 56.8 Å². The Balaban J connectivity index is 2.24. The molecule has 2 atom stereocenters. The molecule has 0 radical (unpaired) electrons. The molecule has 1 heteroatoms. The van der Waals surface area contributed by atoms with Crippen molar-refractivity contribution in [2.45, 2.75) is 66.3 Å². The summed E-state index contributed by atoms with van der Waals surface area (Å²) >= 11 is 0. The minimum Gasteiger partial charge on any atom is -0.298 e. The van der Waals surface area contributed by atoms with Crippen LogP contribution in [0.3, 0.4) is 0 Å². The molecule has 1 heterocycles. The van der Waals surface area contributed by atoms with Crippen LogP contribution in [0.2, 0.25) is 0 Å². The van der Waals surface area contributed by atoms with Crippen LogP contribution in [0.25, 0.3) is 0 Å². The molecule has 1 aliphatic carbocycles. The van der Waals surface area contributed by atoms with Gasteiger partial charge >= 0.3 is 0 Å². The lowest BCUT2D eigenvalue weighted by molar-refractivity contribution is -0.0295. The lowest BCUT2D eigenvalue weighted by Crippen LogP contribution is -2.54. The largest absolute Gasteiger partial charge is 0.298 e. The van der Waals surface area contributed by atoms with Gasteiger partial charge in [-0.2, -0.15) is 0 Å². The van der Waals surface area contributed by atoms with Gasteiger partial charge in [-0.3, -0.25) is 4.90 Å². The summed E-state index contributed by atoms with van der Waals surface area (Å²) in [6.07, 6.45) is 4.39. The molecule has 1 saturated heterocycles. The highest BCUT2D eigenvalue weighted by molar-refractivity contribution is 5.04. The van der Waals surface area contributed by atoms with E-state index in [0.717, 1.165) is 5.92 Å². The minimum absolute atomic E-state index is 0.347. The van der Waals surface area contributed by atoms with Gasteiger partial charge in [0.1, 0.15) is 0 Å². The number of fused-ring (bicyclic) bond motifs is 2. The maximum absolute atomic E-state index is 2.74. The van der Waals surface area contributed by atoms with Crippen LogP contribution in [-0.2, 0) is 0 Å². The van der Waals surface area contributed by atoms with Crippen LogP contribution in [-0.4, -0.2) is 23.5 Å². The molecule has 2 fully saturated rings. The van der Waals surface area contributed by atoms with Crippen molar-refractivity contribution in [2.24, 2.45) is 16.7 Å². The molecule has 0 N–H and O–H groups in total. The molecule has 1 nitrogen and oxygen atoms in total. The van der Waals surface area contributed by atoms with Crippen molar-refractivity contribution in [3.8, 4) is 0 Å². The molecule has 0 aromatic heterocycles. The topological polar surface area (TPSA) is 3.24 Å². The normalized spacial score (nSPS) is 36.8. The molecule has 0 aromatic rings. The third-order valence-corrected chi connectivity index (χ3v) is 5.22. The summed E-state index contributed by atoms with van der Waals surface area (Å²) in [5.74, 6) is 0.965. The van der Waals surface area contributed by atoms with E-state index in [0.29, 0.717) is 16.4 Å². The van der Waals surface area contributed by atoms with Crippen LogP contribution in [0.5, 0.6) is 0 Å². The van der Waals surface area contributed by atoms with E-state index in [4.69, 9.17) is 0 Å². The second-order valence-corrected chi connectivity index (χ2v) is 8.19. The second kappa shape index (κ2) is 3.48. The molecule has 1 aliphatic heterocycles. The Morgan fingerprint density at radius 3 is 2.19 bits per heavy atom. The highest BCUT2D eigenvalue weighted by Gasteiger charge is 2.52. The molecule has 94 valence electrons. The molecule has 1 saturated carbocycles. The van der Waals surface area contributed by atoms with Crippen LogP contribution >= 0.6 is 0 Å². The Hall–Kier alpha value is -0.0400. The number of piperidine rings is 1. The molecule has 2 rings (SSSR count). The van der Waals surface area contributed by atoms with Crippen molar-refractivity contribution < 1.29 is 0 Å². The summed E-state index contributed by atoms with van der Waals surface area (Å²) in [5, 5.41) is 0. The van der Waals surface area contributed by atoms with Gasteiger partial charge in [0, 0.05) is 18.6 Å². The quantitative estimate of drug-likeness (QED) is 0.601. The Kier molecular flexibility index (Phi) is 2.70. The van der Waals surface area contributed by atoms with E-state index in [1.54, 1.807) is 0 Å². The third-order valence-electron chi connectivity index (χ3n) is 5.22. The minimum atomic E-state index is 0.347. The summed E-state index contributed by atoms with van der Waals surface area (Å²) in [4.78, 5) is 2.74. The Morgan fingerprint density at radius 2 is 1.69 bits per heavy atom. The van der Waals surface area contributed by atoms with Gasteiger partial charge in [-0.15, -0.1) is 0 Å².